The van der Waals surface area contributed by atoms with Crippen molar-refractivity contribution in [1.29, 1.82) is 0 Å². The van der Waals surface area contributed by atoms with Crippen molar-refractivity contribution in [3.05, 3.63) is 39.8 Å². The zero-order valence-electron chi connectivity index (χ0n) is 14.7. The van der Waals surface area contributed by atoms with E-state index in [2.05, 4.69) is 0 Å². The molecule has 1 heterocycles. The Kier molecular flexibility index (Phi) is 8.62. The topological polar surface area (TPSA) is 46.6 Å². The number of thiocarbonyl (C=S) groups is 1. The van der Waals surface area contributed by atoms with Crippen LogP contribution in [0.2, 0.25) is 5.02 Å². The van der Waals surface area contributed by atoms with Crippen molar-refractivity contribution in [1.82, 2.24) is 4.90 Å². The average Bonchev–Trinajstić information content (AvgIpc) is 2.88. The van der Waals surface area contributed by atoms with Gasteiger partial charge in [-0.05, 0) is 43.0 Å². The molecule has 1 aliphatic rings. The lowest BCUT2D eigenvalue weighted by molar-refractivity contribution is -0.143. The molecule has 0 aliphatic carbocycles. The number of hydrogen-bond acceptors (Lipinski definition) is 5. The average molecular weight is 412 g/mol. The van der Waals surface area contributed by atoms with Gasteiger partial charge in [-0.15, -0.1) is 0 Å². The minimum atomic E-state index is -0.150. The summed E-state index contributed by atoms with van der Waals surface area (Å²) in [5.74, 6) is -0.208. The Bertz CT molecular complexity index is 689. The van der Waals surface area contributed by atoms with Crippen LogP contribution in [0.15, 0.2) is 29.2 Å². The molecule has 1 aromatic carbocycles. The number of thioether (sulfide) groups is 1. The summed E-state index contributed by atoms with van der Waals surface area (Å²) in [5.41, 5.74) is 0.917. The molecule has 2 rings (SSSR count). The standard InChI is InChI=1S/C19H22ClNO3S2/c1-2-12-24-17(22)6-4-3-5-11-21-18(23)16(26-19(21)25)13-14-7-9-15(20)10-8-14/h7-10,13H,2-6,11-12H2,1H3. The van der Waals surface area contributed by atoms with Gasteiger partial charge >= 0.3 is 5.97 Å². The number of carbonyl (C=O) groups excluding carboxylic acids is 2. The second kappa shape index (κ2) is 10.7. The third-order valence-electron chi connectivity index (χ3n) is 3.77. The summed E-state index contributed by atoms with van der Waals surface area (Å²) in [6.45, 7) is 3.03. The highest BCUT2D eigenvalue weighted by Gasteiger charge is 2.31. The van der Waals surface area contributed by atoms with Crippen molar-refractivity contribution in [2.45, 2.75) is 39.0 Å². The number of ether oxygens (including phenoxy) is 1. The van der Waals surface area contributed by atoms with Crippen molar-refractivity contribution in [2.75, 3.05) is 13.2 Å². The van der Waals surface area contributed by atoms with E-state index >= 15 is 0 Å². The minimum absolute atomic E-state index is 0.0581. The zero-order valence-corrected chi connectivity index (χ0v) is 17.1. The first-order chi connectivity index (χ1) is 12.5. The number of rotatable bonds is 9. The van der Waals surface area contributed by atoms with E-state index in [1.54, 1.807) is 17.0 Å². The number of nitrogens with zero attached hydrogens (tertiary/aromatic N) is 1. The molecule has 1 fully saturated rings. The Hall–Kier alpha value is -1.37. The highest BCUT2D eigenvalue weighted by molar-refractivity contribution is 8.26. The van der Waals surface area contributed by atoms with E-state index in [1.807, 2.05) is 25.1 Å². The van der Waals surface area contributed by atoms with E-state index < -0.39 is 0 Å². The Morgan fingerprint density at radius 2 is 2.00 bits per heavy atom. The smallest absolute Gasteiger partial charge is 0.305 e. The Balaban J connectivity index is 1.78. The predicted octanol–water partition coefficient (Wildman–Crippen LogP) is 5.05. The lowest BCUT2D eigenvalue weighted by Gasteiger charge is -2.14. The van der Waals surface area contributed by atoms with Crippen LogP contribution in [0.25, 0.3) is 6.08 Å². The van der Waals surface area contributed by atoms with E-state index in [1.165, 1.54) is 11.8 Å². The molecule has 26 heavy (non-hydrogen) atoms. The number of halogens is 1. The van der Waals surface area contributed by atoms with Crippen LogP contribution in [0.5, 0.6) is 0 Å². The van der Waals surface area contributed by atoms with Crippen molar-refractivity contribution >= 4 is 57.9 Å². The molecule has 0 radical (unpaired) electrons. The molecule has 0 unspecified atom stereocenters. The van der Waals surface area contributed by atoms with Gasteiger partial charge in [-0.3, -0.25) is 14.5 Å². The first kappa shape index (κ1) is 20.9. The number of unbranched alkanes of at least 4 members (excludes halogenated alkanes) is 2. The normalized spacial score (nSPS) is 15.8. The van der Waals surface area contributed by atoms with Crippen LogP contribution in [0.3, 0.4) is 0 Å². The molecular formula is C19H22ClNO3S2. The summed E-state index contributed by atoms with van der Waals surface area (Å²) < 4.78 is 5.62. The van der Waals surface area contributed by atoms with E-state index in [0.29, 0.717) is 33.8 Å². The lowest BCUT2D eigenvalue weighted by atomic mass is 10.2. The molecule has 140 valence electrons. The summed E-state index contributed by atoms with van der Waals surface area (Å²) in [6, 6.07) is 7.32. The maximum atomic E-state index is 12.5. The van der Waals surface area contributed by atoms with Gasteiger partial charge in [-0.1, -0.05) is 61.1 Å². The molecule has 0 atom stereocenters. The number of carbonyl (C=O) groups is 2. The number of amides is 1. The number of hydrogen-bond donors (Lipinski definition) is 0. The van der Waals surface area contributed by atoms with Gasteiger partial charge in [0.05, 0.1) is 11.5 Å². The van der Waals surface area contributed by atoms with Crippen LogP contribution in [0.1, 0.15) is 44.6 Å². The van der Waals surface area contributed by atoms with Gasteiger partial charge in [0, 0.05) is 18.0 Å². The second-order valence-electron chi connectivity index (χ2n) is 5.92. The van der Waals surface area contributed by atoms with Crippen molar-refractivity contribution in [3.8, 4) is 0 Å². The van der Waals surface area contributed by atoms with Gasteiger partial charge in [0.15, 0.2) is 0 Å². The second-order valence-corrected chi connectivity index (χ2v) is 8.03. The van der Waals surface area contributed by atoms with Gasteiger partial charge in [0.25, 0.3) is 5.91 Å². The molecule has 1 aromatic rings. The Morgan fingerprint density at radius 1 is 1.27 bits per heavy atom. The van der Waals surface area contributed by atoms with Crippen LogP contribution >= 0.6 is 35.6 Å². The molecular weight excluding hydrogens is 390 g/mol. The summed E-state index contributed by atoms with van der Waals surface area (Å²) >= 11 is 12.5. The molecule has 1 aliphatic heterocycles. The van der Waals surface area contributed by atoms with Crippen molar-refractivity contribution in [3.63, 3.8) is 0 Å². The molecule has 0 aromatic heterocycles. The van der Waals surface area contributed by atoms with Gasteiger partial charge < -0.3 is 4.74 Å². The van der Waals surface area contributed by atoms with Crippen LogP contribution in [-0.2, 0) is 14.3 Å². The minimum Gasteiger partial charge on any atom is -0.466 e. The molecule has 0 saturated carbocycles. The quantitative estimate of drug-likeness (QED) is 0.246. The zero-order chi connectivity index (χ0) is 18.9. The van der Waals surface area contributed by atoms with Gasteiger partial charge in [-0.2, -0.15) is 0 Å². The molecule has 0 spiro atoms. The first-order valence-corrected chi connectivity index (χ1v) is 10.3. The largest absolute Gasteiger partial charge is 0.466 e. The lowest BCUT2D eigenvalue weighted by Crippen LogP contribution is -2.29. The maximum absolute atomic E-state index is 12.5. The van der Waals surface area contributed by atoms with E-state index in [4.69, 9.17) is 28.6 Å². The van der Waals surface area contributed by atoms with Crippen LogP contribution in [-0.4, -0.2) is 34.2 Å². The van der Waals surface area contributed by atoms with Crippen molar-refractivity contribution < 1.29 is 14.3 Å². The third kappa shape index (κ3) is 6.41. The highest BCUT2D eigenvalue weighted by atomic mass is 35.5. The van der Waals surface area contributed by atoms with E-state index in [9.17, 15) is 9.59 Å². The molecule has 1 saturated heterocycles. The molecule has 1 amide bonds. The summed E-state index contributed by atoms with van der Waals surface area (Å²) in [4.78, 5) is 26.2. The number of benzene rings is 1. The van der Waals surface area contributed by atoms with Crippen molar-refractivity contribution in [2.24, 2.45) is 0 Å². The summed E-state index contributed by atoms with van der Waals surface area (Å²) in [5, 5.41) is 0.660. The summed E-state index contributed by atoms with van der Waals surface area (Å²) in [7, 11) is 0. The summed E-state index contributed by atoms with van der Waals surface area (Å²) in [6.07, 6.45) is 5.52. The SMILES string of the molecule is CCCOC(=O)CCCCCN1C(=O)C(=Cc2ccc(Cl)cc2)SC1=S. The maximum Gasteiger partial charge on any atom is 0.305 e. The fourth-order valence-electron chi connectivity index (χ4n) is 2.41. The van der Waals surface area contributed by atoms with Gasteiger partial charge in [0.2, 0.25) is 0 Å². The molecule has 4 nitrogen and oxygen atoms in total. The van der Waals surface area contributed by atoms with E-state index in [-0.39, 0.29) is 11.9 Å². The molecule has 0 bridgehead atoms. The monoisotopic (exact) mass is 411 g/mol. The fourth-order valence-corrected chi connectivity index (χ4v) is 3.84. The first-order valence-electron chi connectivity index (χ1n) is 8.68. The van der Waals surface area contributed by atoms with Crippen LogP contribution in [0.4, 0.5) is 0 Å². The van der Waals surface area contributed by atoms with E-state index in [0.717, 1.165) is 31.2 Å². The van der Waals surface area contributed by atoms with Crippen LogP contribution < -0.4 is 0 Å². The van der Waals surface area contributed by atoms with Crippen LogP contribution in [0, 0.1) is 0 Å². The Morgan fingerprint density at radius 3 is 2.69 bits per heavy atom. The van der Waals surface area contributed by atoms with Gasteiger partial charge in [-0.25, -0.2) is 0 Å². The Labute approximate surface area is 168 Å². The predicted molar refractivity (Wildman–Crippen MR) is 111 cm³/mol. The third-order valence-corrected chi connectivity index (χ3v) is 5.40. The highest BCUT2D eigenvalue weighted by Crippen LogP contribution is 2.32. The van der Waals surface area contributed by atoms with Gasteiger partial charge in [0.1, 0.15) is 4.32 Å². The number of esters is 1. The molecule has 7 heteroatoms. The fraction of sp³-hybridized carbons (Fsp3) is 0.421. The molecule has 0 N–H and O–H groups in total.